The van der Waals surface area contributed by atoms with Crippen molar-refractivity contribution in [2.24, 2.45) is 0 Å². The topological polar surface area (TPSA) is 0 Å². The van der Waals surface area contributed by atoms with E-state index in [4.69, 9.17) is 0 Å². The molecule has 0 saturated carbocycles. The Morgan fingerprint density at radius 3 is 1.11 bits per heavy atom. The molecule has 2 unspecified atom stereocenters. The van der Waals surface area contributed by atoms with Crippen LogP contribution in [0.3, 0.4) is 0 Å². The molecule has 206 valence electrons. The second kappa shape index (κ2) is 23.3. The molecule has 0 aromatic rings. The summed E-state index contributed by atoms with van der Waals surface area (Å²) in [5, 5.41) is 10.0. The molecule has 36 heavy (non-hydrogen) atoms. The van der Waals surface area contributed by atoms with E-state index in [1.807, 2.05) is 10.3 Å². The molecule has 2 aliphatic heterocycles. The molecule has 0 saturated heterocycles. The second-order valence-corrected chi connectivity index (χ2v) is 16.5. The van der Waals surface area contributed by atoms with Crippen molar-refractivity contribution < 1.29 is 0 Å². The fourth-order valence-corrected chi connectivity index (χ4v) is 12.3. The highest BCUT2D eigenvalue weighted by Crippen LogP contribution is 2.35. The van der Waals surface area contributed by atoms with Gasteiger partial charge in [-0.3, -0.25) is 0 Å². The molecule has 2 aliphatic rings. The fourth-order valence-electron chi connectivity index (χ4n) is 5.41. The van der Waals surface area contributed by atoms with Crippen molar-refractivity contribution in [3.8, 4) is 0 Å². The molecular weight excluding hydrogens is 505 g/mol. The summed E-state index contributed by atoms with van der Waals surface area (Å²) >= 11 is 4.26. The van der Waals surface area contributed by atoms with Crippen molar-refractivity contribution in [1.29, 1.82) is 0 Å². The van der Waals surface area contributed by atoms with E-state index in [2.05, 4.69) is 60.3 Å². The first-order chi connectivity index (χ1) is 17.9. The lowest BCUT2D eigenvalue weighted by Gasteiger charge is -2.21. The Bertz CT molecular complexity index is 597. The number of unbranched alkanes of at least 4 members (excludes halogenated alkanes) is 18. The lowest BCUT2D eigenvalue weighted by atomic mass is 10.1. The third kappa shape index (κ3) is 15.1. The van der Waals surface area contributed by atoms with E-state index in [0.29, 0.717) is 18.3 Å². The molecule has 0 aromatic heterocycles. The SMILES string of the molecule is CCCCCCCCCCCC[SiH]=C1C=CSC1C1SC=CC1=[SiH]CCCCCCCCCCCC. The van der Waals surface area contributed by atoms with Crippen molar-refractivity contribution in [3.05, 3.63) is 23.0 Å². The molecule has 0 aliphatic carbocycles. The number of hydrogen-bond acceptors (Lipinski definition) is 2. The summed E-state index contributed by atoms with van der Waals surface area (Å²) in [4.78, 5) is 0. The number of allylic oxidation sites excluding steroid dienone is 2. The average molecular weight is 563 g/mol. The number of rotatable bonds is 23. The summed E-state index contributed by atoms with van der Waals surface area (Å²) in [6.07, 6.45) is 34.1. The maximum absolute atomic E-state index is 2.51. The zero-order valence-corrected chi connectivity index (χ0v) is 27.9. The van der Waals surface area contributed by atoms with Gasteiger partial charge in [0.15, 0.2) is 0 Å². The second-order valence-electron chi connectivity index (χ2n) is 11.1. The summed E-state index contributed by atoms with van der Waals surface area (Å²) in [6, 6.07) is 2.97. The highest BCUT2D eigenvalue weighted by molar-refractivity contribution is 8.08. The van der Waals surface area contributed by atoms with E-state index in [0.717, 1.165) is 10.5 Å². The summed E-state index contributed by atoms with van der Waals surface area (Å²) in [5.74, 6) is 0. The molecule has 0 fully saturated rings. The molecule has 0 bridgehead atoms. The van der Waals surface area contributed by atoms with E-state index < -0.39 is 0 Å². The molecule has 0 nitrogen and oxygen atoms in total. The maximum Gasteiger partial charge on any atom is 0.0451 e. The van der Waals surface area contributed by atoms with Crippen LogP contribution in [0.25, 0.3) is 0 Å². The minimum atomic E-state index is 0.505. The van der Waals surface area contributed by atoms with Crippen LogP contribution in [-0.4, -0.2) is 39.1 Å². The van der Waals surface area contributed by atoms with Crippen LogP contribution in [0, 0.1) is 0 Å². The van der Waals surface area contributed by atoms with Gasteiger partial charge in [0.1, 0.15) is 0 Å². The molecule has 0 aromatic carbocycles. The fraction of sp³-hybridized carbons (Fsp3) is 0.812. The minimum Gasteiger partial charge on any atom is -0.125 e. The molecule has 4 heteroatoms. The quantitative estimate of drug-likeness (QED) is 0.0897. The van der Waals surface area contributed by atoms with E-state index in [9.17, 15) is 0 Å². The van der Waals surface area contributed by atoms with E-state index in [1.54, 1.807) is 0 Å². The molecule has 2 heterocycles. The first kappa shape index (κ1) is 32.6. The Hall–Kier alpha value is 0.354. The smallest absolute Gasteiger partial charge is 0.0451 e. The minimum absolute atomic E-state index is 0.505. The van der Waals surface area contributed by atoms with Gasteiger partial charge in [0.05, 0.1) is 0 Å². The number of hydrogen-bond donors (Lipinski definition) is 0. The van der Waals surface area contributed by atoms with Gasteiger partial charge in [0, 0.05) is 10.5 Å². The molecule has 0 radical (unpaired) electrons. The van der Waals surface area contributed by atoms with Gasteiger partial charge in [-0.1, -0.05) is 165 Å². The Morgan fingerprint density at radius 2 is 0.778 bits per heavy atom. The van der Waals surface area contributed by atoms with Crippen LogP contribution in [0.2, 0.25) is 12.1 Å². The first-order valence-corrected chi connectivity index (χ1v) is 20.6. The maximum atomic E-state index is 2.51. The summed E-state index contributed by atoms with van der Waals surface area (Å²) < 4.78 is 0. The Morgan fingerprint density at radius 1 is 0.472 bits per heavy atom. The zero-order chi connectivity index (χ0) is 25.5. The van der Waals surface area contributed by atoms with Crippen LogP contribution >= 0.6 is 23.5 Å². The van der Waals surface area contributed by atoms with Crippen LogP contribution < -0.4 is 0 Å². The summed E-state index contributed by atoms with van der Waals surface area (Å²) in [6.45, 7) is 4.62. The Balaban J connectivity index is 1.56. The predicted octanol–water partition coefficient (Wildman–Crippen LogP) is 10.1. The zero-order valence-electron chi connectivity index (χ0n) is 24.0. The van der Waals surface area contributed by atoms with Crippen LogP contribution in [0.4, 0.5) is 0 Å². The molecular formula is C32H58S2Si2. The van der Waals surface area contributed by atoms with Crippen molar-refractivity contribution in [3.63, 3.8) is 0 Å². The lowest BCUT2D eigenvalue weighted by Crippen LogP contribution is -2.32. The Kier molecular flexibility index (Phi) is 21.0. The van der Waals surface area contributed by atoms with Gasteiger partial charge < -0.3 is 0 Å². The van der Waals surface area contributed by atoms with Crippen LogP contribution in [0.15, 0.2) is 23.0 Å². The van der Waals surface area contributed by atoms with Gasteiger partial charge in [-0.05, 0) is 41.2 Å². The Labute approximate surface area is 239 Å². The van der Waals surface area contributed by atoms with Crippen molar-refractivity contribution in [2.75, 3.05) is 0 Å². The highest BCUT2D eigenvalue weighted by atomic mass is 32.2. The molecule has 0 spiro atoms. The molecule has 2 atom stereocenters. The third-order valence-electron chi connectivity index (χ3n) is 7.78. The summed E-state index contributed by atoms with van der Waals surface area (Å²) in [7, 11) is 1.01. The van der Waals surface area contributed by atoms with Gasteiger partial charge >= 0.3 is 0 Å². The molecule has 0 amide bonds. The molecule has 0 N–H and O–H groups in total. The van der Waals surface area contributed by atoms with E-state index in [-0.39, 0.29) is 0 Å². The van der Waals surface area contributed by atoms with E-state index in [1.165, 1.54) is 141 Å². The van der Waals surface area contributed by atoms with Crippen molar-refractivity contribution in [2.45, 2.75) is 165 Å². The van der Waals surface area contributed by atoms with Crippen LogP contribution in [0.5, 0.6) is 0 Å². The third-order valence-corrected chi connectivity index (χ3v) is 14.1. The largest absolute Gasteiger partial charge is 0.125 e. The monoisotopic (exact) mass is 562 g/mol. The van der Waals surface area contributed by atoms with Gasteiger partial charge in [-0.2, -0.15) is 0 Å². The van der Waals surface area contributed by atoms with Gasteiger partial charge in [-0.25, -0.2) is 0 Å². The lowest BCUT2D eigenvalue weighted by molar-refractivity contribution is 0.562. The predicted molar refractivity (Wildman–Crippen MR) is 179 cm³/mol. The summed E-state index contributed by atoms with van der Waals surface area (Å²) in [5.41, 5.74) is 0. The van der Waals surface area contributed by atoms with E-state index >= 15 is 0 Å². The van der Waals surface area contributed by atoms with Crippen LogP contribution in [0.1, 0.15) is 142 Å². The first-order valence-electron chi connectivity index (χ1n) is 15.9. The average Bonchev–Trinajstić information content (AvgIpc) is 3.55. The highest BCUT2D eigenvalue weighted by Gasteiger charge is 2.30. The van der Waals surface area contributed by atoms with Gasteiger partial charge in [0.2, 0.25) is 0 Å². The van der Waals surface area contributed by atoms with Crippen molar-refractivity contribution >= 4 is 52.1 Å². The number of thioether (sulfide) groups is 2. The van der Waals surface area contributed by atoms with Gasteiger partial charge in [-0.15, -0.1) is 23.5 Å². The molecule has 2 rings (SSSR count). The normalized spacial score (nSPS) is 21.5. The van der Waals surface area contributed by atoms with Crippen molar-refractivity contribution in [1.82, 2.24) is 0 Å². The standard InChI is InChI=1S/C32H58S2Si2/c1-3-5-7-9-11-13-15-17-19-21-27-35-29-23-25-33-31(29)32-30(24-26-34-32)36-28-22-20-18-16-14-12-10-8-6-4-2/h23-26,31-32,35-36H,3-22,27-28H2,1-2H3. The van der Waals surface area contributed by atoms with Crippen LogP contribution in [-0.2, 0) is 0 Å². The van der Waals surface area contributed by atoms with Gasteiger partial charge in [0.25, 0.3) is 0 Å².